The predicted octanol–water partition coefficient (Wildman–Crippen LogP) is 5.52. The lowest BCUT2D eigenvalue weighted by molar-refractivity contribution is -0.0444. The number of anilines is 1. The number of halogens is 1. The maximum absolute atomic E-state index is 6.10. The standard InChI is InChI=1S/C20H23ClN2/c21-16-1-2-17-18(3-4-22-19(17)8-16)23-12-20-9-13-5-14(10-20)7-15(6-13)11-20/h1-4,8,13-15H,5-7,9-12H2,(H,22,23). The molecule has 6 rings (SSSR count). The molecule has 4 saturated carbocycles. The fraction of sp³-hybridized carbons (Fsp3) is 0.550. The molecule has 2 aromatic rings. The molecule has 4 bridgehead atoms. The van der Waals surface area contributed by atoms with Crippen LogP contribution in [0.1, 0.15) is 38.5 Å². The van der Waals surface area contributed by atoms with Gasteiger partial charge in [-0.1, -0.05) is 11.6 Å². The summed E-state index contributed by atoms with van der Waals surface area (Å²) in [4.78, 5) is 4.45. The van der Waals surface area contributed by atoms with Gasteiger partial charge in [-0.3, -0.25) is 4.98 Å². The molecule has 1 aromatic carbocycles. The quantitative estimate of drug-likeness (QED) is 0.803. The van der Waals surface area contributed by atoms with Gasteiger partial charge in [-0.2, -0.15) is 0 Å². The van der Waals surface area contributed by atoms with Gasteiger partial charge in [0.2, 0.25) is 0 Å². The van der Waals surface area contributed by atoms with Crippen LogP contribution < -0.4 is 5.32 Å². The molecule has 1 aromatic heterocycles. The Morgan fingerprint density at radius 2 is 1.74 bits per heavy atom. The van der Waals surface area contributed by atoms with E-state index in [-0.39, 0.29) is 0 Å². The van der Waals surface area contributed by atoms with Crippen LogP contribution in [-0.4, -0.2) is 11.5 Å². The second kappa shape index (κ2) is 5.11. The maximum atomic E-state index is 6.10. The van der Waals surface area contributed by atoms with Crippen LogP contribution in [0.5, 0.6) is 0 Å². The van der Waals surface area contributed by atoms with E-state index in [9.17, 15) is 0 Å². The molecule has 120 valence electrons. The number of nitrogens with one attached hydrogen (secondary N) is 1. The van der Waals surface area contributed by atoms with E-state index < -0.39 is 0 Å². The van der Waals surface area contributed by atoms with Crippen molar-refractivity contribution < 1.29 is 0 Å². The Morgan fingerprint density at radius 3 is 2.43 bits per heavy atom. The zero-order chi connectivity index (χ0) is 15.4. The summed E-state index contributed by atoms with van der Waals surface area (Å²) >= 11 is 6.10. The van der Waals surface area contributed by atoms with Gasteiger partial charge in [-0.15, -0.1) is 0 Å². The number of pyridine rings is 1. The van der Waals surface area contributed by atoms with Gasteiger partial charge in [0.05, 0.1) is 5.52 Å². The molecule has 2 nitrogen and oxygen atoms in total. The molecule has 23 heavy (non-hydrogen) atoms. The Bertz CT molecular complexity index is 719. The smallest absolute Gasteiger partial charge is 0.0737 e. The van der Waals surface area contributed by atoms with E-state index in [2.05, 4.69) is 22.4 Å². The Hall–Kier alpha value is -1.28. The van der Waals surface area contributed by atoms with Crippen LogP contribution in [0.4, 0.5) is 5.69 Å². The van der Waals surface area contributed by atoms with Crippen molar-refractivity contribution in [1.82, 2.24) is 4.98 Å². The highest BCUT2D eigenvalue weighted by Crippen LogP contribution is 2.59. The van der Waals surface area contributed by atoms with Crippen LogP contribution in [-0.2, 0) is 0 Å². The van der Waals surface area contributed by atoms with E-state index >= 15 is 0 Å². The Balaban J connectivity index is 1.41. The second-order valence-electron chi connectivity index (χ2n) is 8.29. The molecule has 0 unspecified atom stereocenters. The molecule has 0 atom stereocenters. The number of benzene rings is 1. The average Bonchev–Trinajstić information content (AvgIpc) is 2.51. The van der Waals surface area contributed by atoms with Crippen LogP contribution in [0.25, 0.3) is 10.9 Å². The van der Waals surface area contributed by atoms with Gasteiger partial charge in [-0.05, 0) is 86.0 Å². The molecular weight excluding hydrogens is 304 g/mol. The lowest BCUT2D eigenvalue weighted by atomic mass is 9.49. The van der Waals surface area contributed by atoms with Crippen LogP contribution in [0.3, 0.4) is 0 Å². The normalized spacial score (nSPS) is 34.9. The fourth-order valence-electron chi connectivity index (χ4n) is 6.06. The summed E-state index contributed by atoms with van der Waals surface area (Å²) in [6, 6.07) is 8.11. The number of hydrogen-bond donors (Lipinski definition) is 1. The first kappa shape index (κ1) is 14.1. The van der Waals surface area contributed by atoms with Crippen molar-refractivity contribution in [2.24, 2.45) is 23.2 Å². The Labute approximate surface area is 142 Å². The molecule has 4 aliphatic rings. The third-order valence-electron chi connectivity index (χ3n) is 6.52. The van der Waals surface area contributed by atoms with Crippen LogP contribution in [0.15, 0.2) is 30.5 Å². The Morgan fingerprint density at radius 1 is 1.04 bits per heavy atom. The van der Waals surface area contributed by atoms with E-state index in [4.69, 9.17) is 11.6 Å². The predicted molar refractivity (Wildman–Crippen MR) is 95.8 cm³/mol. The van der Waals surface area contributed by atoms with Gasteiger partial charge < -0.3 is 5.32 Å². The largest absolute Gasteiger partial charge is 0.384 e. The first-order chi connectivity index (χ1) is 11.2. The Kier molecular flexibility index (Phi) is 3.13. The summed E-state index contributed by atoms with van der Waals surface area (Å²) in [7, 11) is 0. The van der Waals surface area contributed by atoms with Crippen molar-refractivity contribution in [2.45, 2.75) is 38.5 Å². The minimum atomic E-state index is 0.552. The van der Waals surface area contributed by atoms with Gasteiger partial charge in [0, 0.05) is 28.8 Å². The number of hydrogen-bond acceptors (Lipinski definition) is 2. The lowest BCUT2D eigenvalue weighted by Crippen LogP contribution is -2.49. The van der Waals surface area contributed by atoms with Crippen molar-refractivity contribution in [3.05, 3.63) is 35.5 Å². The third-order valence-corrected chi connectivity index (χ3v) is 6.76. The van der Waals surface area contributed by atoms with E-state index in [0.717, 1.165) is 34.8 Å². The minimum absolute atomic E-state index is 0.552. The summed E-state index contributed by atoms with van der Waals surface area (Å²) in [5.41, 5.74) is 2.74. The fourth-order valence-corrected chi connectivity index (χ4v) is 6.23. The monoisotopic (exact) mass is 326 g/mol. The lowest BCUT2D eigenvalue weighted by Gasteiger charge is -2.57. The van der Waals surface area contributed by atoms with E-state index in [1.807, 2.05) is 18.3 Å². The van der Waals surface area contributed by atoms with Crippen LogP contribution >= 0.6 is 11.6 Å². The molecular formula is C20H23ClN2. The number of rotatable bonds is 3. The van der Waals surface area contributed by atoms with Gasteiger partial charge in [0.15, 0.2) is 0 Å². The molecule has 0 aliphatic heterocycles. The summed E-state index contributed by atoms with van der Waals surface area (Å²) in [6.45, 7) is 1.12. The minimum Gasteiger partial charge on any atom is -0.384 e. The highest BCUT2D eigenvalue weighted by molar-refractivity contribution is 6.31. The summed E-state index contributed by atoms with van der Waals surface area (Å²) in [6.07, 6.45) is 10.8. The van der Waals surface area contributed by atoms with E-state index in [0.29, 0.717) is 5.41 Å². The summed E-state index contributed by atoms with van der Waals surface area (Å²) in [5.74, 6) is 3.03. The first-order valence-electron chi connectivity index (χ1n) is 8.97. The van der Waals surface area contributed by atoms with Gasteiger partial charge in [0.1, 0.15) is 0 Å². The number of aromatic nitrogens is 1. The molecule has 0 amide bonds. The molecule has 3 heteroatoms. The first-order valence-corrected chi connectivity index (χ1v) is 9.35. The molecule has 0 spiro atoms. The van der Waals surface area contributed by atoms with Gasteiger partial charge >= 0.3 is 0 Å². The summed E-state index contributed by atoms with van der Waals surface area (Å²) in [5, 5.41) is 5.72. The van der Waals surface area contributed by atoms with Crippen LogP contribution in [0.2, 0.25) is 5.02 Å². The SMILES string of the molecule is Clc1ccc2c(NCC34CC5CC(CC(C5)C3)C4)ccnc2c1. The van der Waals surface area contributed by atoms with Gasteiger partial charge in [0.25, 0.3) is 0 Å². The second-order valence-corrected chi connectivity index (χ2v) is 8.73. The molecule has 1 N–H and O–H groups in total. The molecule has 4 aliphatic carbocycles. The molecule has 0 saturated heterocycles. The highest BCUT2D eigenvalue weighted by Gasteiger charge is 2.50. The van der Waals surface area contributed by atoms with Crippen LogP contribution in [0, 0.1) is 23.2 Å². The highest BCUT2D eigenvalue weighted by atomic mass is 35.5. The van der Waals surface area contributed by atoms with Crippen molar-refractivity contribution in [3.63, 3.8) is 0 Å². The van der Waals surface area contributed by atoms with Crippen molar-refractivity contribution in [3.8, 4) is 0 Å². The van der Waals surface area contributed by atoms with Gasteiger partial charge in [-0.25, -0.2) is 0 Å². The molecule has 4 fully saturated rings. The summed E-state index contributed by atoms with van der Waals surface area (Å²) < 4.78 is 0. The van der Waals surface area contributed by atoms with Crippen molar-refractivity contribution >= 4 is 28.2 Å². The topological polar surface area (TPSA) is 24.9 Å². The molecule has 1 heterocycles. The van der Waals surface area contributed by atoms with E-state index in [1.165, 1.54) is 49.6 Å². The third kappa shape index (κ3) is 2.42. The van der Waals surface area contributed by atoms with E-state index in [1.54, 1.807) is 0 Å². The van der Waals surface area contributed by atoms with Crippen molar-refractivity contribution in [2.75, 3.05) is 11.9 Å². The zero-order valence-electron chi connectivity index (χ0n) is 13.4. The van der Waals surface area contributed by atoms with Crippen molar-refractivity contribution in [1.29, 1.82) is 0 Å². The number of fused-ring (bicyclic) bond motifs is 1. The number of nitrogens with zero attached hydrogens (tertiary/aromatic N) is 1. The zero-order valence-corrected chi connectivity index (χ0v) is 14.1. The maximum Gasteiger partial charge on any atom is 0.0737 e. The average molecular weight is 327 g/mol. The molecule has 0 radical (unpaired) electrons.